The topological polar surface area (TPSA) is 15.3 Å². The molecule has 1 aromatic heterocycles. The molecule has 18 heavy (non-hydrogen) atoms. The lowest BCUT2D eigenvalue weighted by Crippen LogP contribution is -2.37. The summed E-state index contributed by atoms with van der Waals surface area (Å²) in [6, 6.07) is 2.71. The van der Waals surface area contributed by atoms with E-state index in [4.69, 9.17) is 0 Å². The van der Waals surface area contributed by atoms with Crippen molar-refractivity contribution in [2.24, 2.45) is 5.92 Å². The van der Waals surface area contributed by atoms with Crippen LogP contribution in [0.15, 0.2) is 16.8 Å². The van der Waals surface area contributed by atoms with Crippen LogP contribution in [0.3, 0.4) is 0 Å². The molecule has 0 amide bonds. The molecule has 1 aromatic rings. The summed E-state index contributed by atoms with van der Waals surface area (Å²) in [5.74, 6) is 0.740. The van der Waals surface area contributed by atoms with Gasteiger partial charge in [-0.15, -0.1) is 0 Å². The molecule has 2 rings (SSSR count). The molecule has 1 saturated heterocycles. The van der Waals surface area contributed by atoms with Gasteiger partial charge in [-0.3, -0.25) is 0 Å². The standard InChI is InChI=1S/C15H26N2S/c1-13(11-17-7-4-3-5-8-17)10-16-14(2)15-6-9-18-12-15/h6,9,12-14,16H,3-5,7-8,10-11H2,1-2H3. The summed E-state index contributed by atoms with van der Waals surface area (Å²) < 4.78 is 0. The maximum atomic E-state index is 3.65. The van der Waals surface area contributed by atoms with E-state index in [9.17, 15) is 0 Å². The molecular formula is C15H26N2S. The molecule has 2 atom stereocenters. The van der Waals surface area contributed by atoms with Crippen LogP contribution in [0.1, 0.15) is 44.7 Å². The van der Waals surface area contributed by atoms with Gasteiger partial charge < -0.3 is 10.2 Å². The third-order valence-electron chi connectivity index (χ3n) is 3.83. The molecule has 1 N–H and O–H groups in total. The lowest BCUT2D eigenvalue weighted by Gasteiger charge is -2.29. The predicted octanol–water partition coefficient (Wildman–Crippen LogP) is 3.52. The number of rotatable bonds is 6. The molecule has 2 unspecified atom stereocenters. The lowest BCUT2D eigenvalue weighted by atomic mass is 10.1. The van der Waals surface area contributed by atoms with E-state index in [1.807, 2.05) is 0 Å². The fourth-order valence-corrected chi connectivity index (χ4v) is 3.42. The van der Waals surface area contributed by atoms with Crippen molar-refractivity contribution in [3.8, 4) is 0 Å². The van der Waals surface area contributed by atoms with Gasteiger partial charge >= 0.3 is 0 Å². The molecule has 0 saturated carbocycles. The zero-order valence-electron chi connectivity index (χ0n) is 11.7. The molecule has 0 radical (unpaired) electrons. The fraction of sp³-hybridized carbons (Fsp3) is 0.733. The molecule has 0 aliphatic carbocycles. The van der Waals surface area contributed by atoms with Crippen molar-refractivity contribution in [1.29, 1.82) is 0 Å². The first-order chi connectivity index (χ1) is 8.75. The fourth-order valence-electron chi connectivity index (χ4n) is 2.66. The third kappa shape index (κ3) is 4.38. The Hall–Kier alpha value is -0.380. The van der Waals surface area contributed by atoms with Gasteiger partial charge in [-0.05, 0) is 67.7 Å². The number of nitrogens with zero attached hydrogens (tertiary/aromatic N) is 1. The second-order valence-electron chi connectivity index (χ2n) is 5.65. The number of piperidine rings is 1. The summed E-state index contributed by atoms with van der Waals surface area (Å²) in [7, 11) is 0. The molecule has 3 heteroatoms. The summed E-state index contributed by atoms with van der Waals surface area (Å²) in [4.78, 5) is 2.63. The van der Waals surface area contributed by atoms with Crippen LogP contribution in [0, 0.1) is 5.92 Å². The first-order valence-corrected chi connectivity index (χ1v) is 8.18. The van der Waals surface area contributed by atoms with Crippen molar-refractivity contribution >= 4 is 11.3 Å². The van der Waals surface area contributed by atoms with Gasteiger partial charge in [0.2, 0.25) is 0 Å². The Bertz CT molecular complexity index is 317. The van der Waals surface area contributed by atoms with Gasteiger partial charge in [-0.25, -0.2) is 0 Å². The van der Waals surface area contributed by atoms with Crippen LogP contribution in [0.25, 0.3) is 0 Å². The van der Waals surface area contributed by atoms with E-state index in [1.54, 1.807) is 11.3 Å². The van der Waals surface area contributed by atoms with E-state index in [1.165, 1.54) is 44.5 Å². The second kappa shape index (κ2) is 7.27. The van der Waals surface area contributed by atoms with Crippen LogP contribution in [-0.2, 0) is 0 Å². The minimum atomic E-state index is 0.486. The highest BCUT2D eigenvalue weighted by Gasteiger charge is 2.14. The maximum absolute atomic E-state index is 3.65. The monoisotopic (exact) mass is 266 g/mol. The van der Waals surface area contributed by atoms with Gasteiger partial charge in [0.05, 0.1) is 0 Å². The van der Waals surface area contributed by atoms with Crippen LogP contribution in [0.2, 0.25) is 0 Å². The minimum absolute atomic E-state index is 0.486. The van der Waals surface area contributed by atoms with E-state index < -0.39 is 0 Å². The SMILES string of the molecule is CC(CNC(C)c1ccsc1)CN1CCCCC1. The summed E-state index contributed by atoms with van der Waals surface area (Å²) in [6.45, 7) is 9.61. The average molecular weight is 266 g/mol. The maximum Gasteiger partial charge on any atom is 0.0300 e. The molecule has 0 spiro atoms. The van der Waals surface area contributed by atoms with Crippen LogP contribution < -0.4 is 5.32 Å². The molecule has 2 heterocycles. The van der Waals surface area contributed by atoms with E-state index in [2.05, 4.69) is 40.9 Å². The highest BCUT2D eigenvalue weighted by atomic mass is 32.1. The van der Waals surface area contributed by atoms with Crippen molar-refractivity contribution in [3.05, 3.63) is 22.4 Å². The van der Waals surface area contributed by atoms with Gasteiger partial charge in [0, 0.05) is 12.6 Å². The smallest absolute Gasteiger partial charge is 0.0300 e. The molecule has 1 aliphatic rings. The number of likely N-dealkylation sites (tertiary alicyclic amines) is 1. The summed E-state index contributed by atoms with van der Waals surface area (Å²) in [6.07, 6.45) is 4.22. The van der Waals surface area contributed by atoms with E-state index in [0.29, 0.717) is 6.04 Å². The van der Waals surface area contributed by atoms with Crippen molar-refractivity contribution in [2.45, 2.75) is 39.2 Å². The first-order valence-electron chi connectivity index (χ1n) is 7.23. The Kier molecular flexibility index (Phi) is 5.67. The Morgan fingerprint density at radius 3 is 2.72 bits per heavy atom. The van der Waals surface area contributed by atoms with Crippen molar-refractivity contribution in [2.75, 3.05) is 26.2 Å². The second-order valence-corrected chi connectivity index (χ2v) is 6.43. The Labute approximate surface area is 115 Å². The Morgan fingerprint density at radius 1 is 1.28 bits per heavy atom. The van der Waals surface area contributed by atoms with Gasteiger partial charge in [-0.1, -0.05) is 13.3 Å². The Morgan fingerprint density at radius 2 is 2.06 bits per heavy atom. The number of hydrogen-bond acceptors (Lipinski definition) is 3. The highest BCUT2D eigenvalue weighted by molar-refractivity contribution is 7.07. The quantitative estimate of drug-likeness (QED) is 0.847. The number of thiophene rings is 1. The first kappa shape index (κ1) is 14.0. The predicted molar refractivity (Wildman–Crippen MR) is 80.2 cm³/mol. The van der Waals surface area contributed by atoms with Gasteiger partial charge in [0.1, 0.15) is 0 Å². The molecule has 1 fully saturated rings. The molecule has 102 valence electrons. The van der Waals surface area contributed by atoms with Crippen LogP contribution >= 0.6 is 11.3 Å². The molecule has 2 nitrogen and oxygen atoms in total. The summed E-state index contributed by atoms with van der Waals surface area (Å²) >= 11 is 1.78. The van der Waals surface area contributed by atoms with Crippen LogP contribution in [0.4, 0.5) is 0 Å². The molecule has 0 bridgehead atoms. The normalized spacial score (nSPS) is 20.8. The van der Waals surface area contributed by atoms with Gasteiger partial charge in [-0.2, -0.15) is 11.3 Å². The van der Waals surface area contributed by atoms with Gasteiger partial charge in [0.15, 0.2) is 0 Å². The number of hydrogen-bond donors (Lipinski definition) is 1. The number of nitrogens with one attached hydrogen (secondary N) is 1. The van der Waals surface area contributed by atoms with Crippen molar-refractivity contribution in [3.63, 3.8) is 0 Å². The zero-order chi connectivity index (χ0) is 12.8. The average Bonchev–Trinajstić information content (AvgIpc) is 2.91. The molecule has 0 aromatic carbocycles. The van der Waals surface area contributed by atoms with E-state index >= 15 is 0 Å². The van der Waals surface area contributed by atoms with Crippen molar-refractivity contribution < 1.29 is 0 Å². The highest BCUT2D eigenvalue weighted by Crippen LogP contribution is 2.16. The summed E-state index contributed by atoms with van der Waals surface area (Å²) in [5.41, 5.74) is 1.42. The van der Waals surface area contributed by atoms with Crippen molar-refractivity contribution in [1.82, 2.24) is 10.2 Å². The largest absolute Gasteiger partial charge is 0.310 e. The molecular weight excluding hydrogens is 240 g/mol. The Balaban J connectivity index is 1.66. The lowest BCUT2D eigenvalue weighted by molar-refractivity contribution is 0.197. The third-order valence-corrected chi connectivity index (χ3v) is 4.54. The minimum Gasteiger partial charge on any atom is -0.310 e. The summed E-state index contributed by atoms with van der Waals surface area (Å²) in [5, 5.41) is 8.05. The van der Waals surface area contributed by atoms with Gasteiger partial charge in [0.25, 0.3) is 0 Å². The molecule has 1 aliphatic heterocycles. The van der Waals surface area contributed by atoms with E-state index in [-0.39, 0.29) is 0 Å². The van der Waals surface area contributed by atoms with Crippen LogP contribution in [0.5, 0.6) is 0 Å². The van der Waals surface area contributed by atoms with Crippen LogP contribution in [-0.4, -0.2) is 31.1 Å². The zero-order valence-corrected chi connectivity index (χ0v) is 12.5. The van der Waals surface area contributed by atoms with E-state index in [0.717, 1.165) is 12.5 Å².